The van der Waals surface area contributed by atoms with Crippen LogP contribution in [0.25, 0.3) is 0 Å². The summed E-state index contributed by atoms with van der Waals surface area (Å²) in [6.07, 6.45) is 5.46. The average molecular weight is 270 g/mol. The van der Waals surface area contributed by atoms with E-state index in [4.69, 9.17) is 5.11 Å². The van der Waals surface area contributed by atoms with Crippen molar-refractivity contribution in [3.8, 4) is 0 Å². The van der Waals surface area contributed by atoms with E-state index in [1.807, 2.05) is 0 Å². The molecule has 0 bridgehead atoms. The van der Waals surface area contributed by atoms with E-state index in [1.54, 1.807) is 0 Å². The third-order valence-electron chi connectivity index (χ3n) is 4.34. The number of likely N-dealkylation sites (tertiary alicyclic amines) is 2. The first-order chi connectivity index (χ1) is 9.15. The normalized spacial score (nSPS) is 25.3. The van der Waals surface area contributed by atoms with Crippen LogP contribution in [-0.4, -0.2) is 70.9 Å². The third-order valence-corrected chi connectivity index (χ3v) is 4.34. The Labute approximate surface area is 115 Å². The van der Waals surface area contributed by atoms with Crippen molar-refractivity contribution in [1.29, 1.82) is 0 Å². The van der Waals surface area contributed by atoms with Crippen LogP contribution in [0.1, 0.15) is 38.5 Å². The fourth-order valence-electron chi connectivity index (χ4n) is 3.31. The van der Waals surface area contributed by atoms with Crippen molar-refractivity contribution in [2.75, 3.05) is 32.7 Å². The van der Waals surface area contributed by atoms with Gasteiger partial charge >= 0.3 is 5.97 Å². The molecule has 2 heterocycles. The average Bonchev–Trinajstić information content (AvgIpc) is 2.39. The number of piperidine rings is 2. The molecular weight excluding hydrogens is 244 g/mol. The molecule has 2 aliphatic heterocycles. The first-order valence-electron chi connectivity index (χ1n) is 7.51. The number of carbonyl (C=O) groups is 1. The Hall–Kier alpha value is -0.650. The van der Waals surface area contributed by atoms with Crippen LogP contribution in [0.2, 0.25) is 0 Å². The lowest BCUT2D eigenvalue weighted by atomic mass is 9.99. The van der Waals surface area contributed by atoms with E-state index < -0.39 is 12.1 Å². The summed E-state index contributed by atoms with van der Waals surface area (Å²) < 4.78 is 0. The highest BCUT2D eigenvalue weighted by molar-refractivity contribution is 5.67. The summed E-state index contributed by atoms with van der Waals surface area (Å²) in [5.41, 5.74) is 0. The zero-order valence-corrected chi connectivity index (χ0v) is 11.6. The Balaban J connectivity index is 1.68. The molecule has 0 aliphatic carbocycles. The molecular formula is C14H26N2O3. The minimum Gasteiger partial charge on any atom is -0.481 e. The topological polar surface area (TPSA) is 64.0 Å². The van der Waals surface area contributed by atoms with Gasteiger partial charge in [0.05, 0.1) is 12.5 Å². The molecule has 0 amide bonds. The molecule has 2 rings (SSSR count). The van der Waals surface area contributed by atoms with Crippen molar-refractivity contribution in [2.45, 2.75) is 50.7 Å². The van der Waals surface area contributed by atoms with Crippen LogP contribution in [0.4, 0.5) is 0 Å². The number of aliphatic hydroxyl groups excluding tert-OH is 1. The molecule has 2 fully saturated rings. The molecule has 5 nitrogen and oxygen atoms in total. The first kappa shape index (κ1) is 14.8. The molecule has 1 unspecified atom stereocenters. The molecule has 0 radical (unpaired) electrons. The SMILES string of the molecule is O=C(O)CC(O)CN1CCC(N2CCCCC2)CC1. The highest BCUT2D eigenvalue weighted by Crippen LogP contribution is 2.20. The summed E-state index contributed by atoms with van der Waals surface area (Å²) in [4.78, 5) is 15.3. The van der Waals surface area contributed by atoms with E-state index in [0.29, 0.717) is 12.6 Å². The van der Waals surface area contributed by atoms with Crippen molar-refractivity contribution in [1.82, 2.24) is 9.80 Å². The molecule has 0 spiro atoms. The maximum absolute atomic E-state index is 10.5. The molecule has 0 aromatic heterocycles. The summed E-state index contributed by atoms with van der Waals surface area (Å²) >= 11 is 0. The number of nitrogens with zero attached hydrogens (tertiary/aromatic N) is 2. The standard InChI is InChI=1S/C14H26N2O3/c17-13(10-14(18)19)11-15-8-4-12(5-9-15)16-6-2-1-3-7-16/h12-13,17H,1-11H2,(H,18,19). The molecule has 2 N–H and O–H groups in total. The zero-order chi connectivity index (χ0) is 13.7. The van der Waals surface area contributed by atoms with Gasteiger partial charge in [-0.2, -0.15) is 0 Å². The first-order valence-corrected chi connectivity index (χ1v) is 7.51. The van der Waals surface area contributed by atoms with E-state index in [2.05, 4.69) is 9.80 Å². The smallest absolute Gasteiger partial charge is 0.306 e. The lowest BCUT2D eigenvalue weighted by Crippen LogP contribution is -2.48. The molecule has 2 aliphatic rings. The second-order valence-electron chi connectivity index (χ2n) is 5.88. The number of carboxylic acids is 1. The number of carboxylic acid groups (broad SMARTS) is 1. The van der Waals surface area contributed by atoms with Gasteiger partial charge < -0.3 is 20.0 Å². The van der Waals surface area contributed by atoms with Crippen LogP contribution in [-0.2, 0) is 4.79 Å². The summed E-state index contributed by atoms with van der Waals surface area (Å²) in [6, 6.07) is 0.702. The van der Waals surface area contributed by atoms with E-state index in [0.717, 1.165) is 25.9 Å². The molecule has 0 aromatic carbocycles. The van der Waals surface area contributed by atoms with Gasteiger partial charge in [0.25, 0.3) is 0 Å². The Morgan fingerprint density at radius 1 is 1.11 bits per heavy atom. The third kappa shape index (κ3) is 4.75. The van der Waals surface area contributed by atoms with Gasteiger partial charge in [-0.15, -0.1) is 0 Å². The van der Waals surface area contributed by atoms with Crippen molar-refractivity contribution >= 4 is 5.97 Å². The largest absolute Gasteiger partial charge is 0.481 e. The molecule has 0 saturated carbocycles. The number of hydrogen-bond donors (Lipinski definition) is 2. The van der Waals surface area contributed by atoms with Crippen molar-refractivity contribution in [3.63, 3.8) is 0 Å². The fraction of sp³-hybridized carbons (Fsp3) is 0.929. The zero-order valence-electron chi connectivity index (χ0n) is 11.6. The predicted octanol–water partition coefficient (Wildman–Crippen LogP) is 0.772. The van der Waals surface area contributed by atoms with E-state index in [9.17, 15) is 9.90 Å². The second-order valence-corrected chi connectivity index (χ2v) is 5.88. The van der Waals surface area contributed by atoms with E-state index in [-0.39, 0.29) is 6.42 Å². The number of aliphatic hydroxyl groups is 1. The second kappa shape index (κ2) is 7.22. The molecule has 19 heavy (non-hydrogen) atoms. The van der Waals surface area contributed by atoms with Crippen molar-refractivity contribution in [2.24, 2.45) is 0 Å². The van der Waals surface area contributed by atoms with Crippen molar-refractivity contribution in [3.05, 3.63) is 0 Å². The summed E-state index contributed by atoms with van der Waals surface area (Å²) in [6.45, 7) is 4.95. The van der Waals surface area contributed by atoms with Crippen molar-refractivity contribution < 1.29 is 15.0 Å². The molecule has 0 aromatic rings. The number of β-amino-alcohol motifs (C(OH)–C–C–N with tert-alkyl or cyclic N) is 1. The Morgan fingerprint density at radius 2 is 1.74 bits per heavy atom. The molecule has 1 atom stereocenters. The number of rotatable bonds is 5. The Kier molecular flexibility index (Phi) is 5.60. The summed E-state index contributed by atoms with van der Waals surface area (Å²) in [7, 11) is 0. The van der Waals surface area contributed by atoms with Crippen LogP contribution in [0.15, 0.2) is 0 Å². The van der Waals surface area contributed by atoms with Crippen LogP contribution >= 0.6 is 0 Å². The minimum absolute atomic E-state index is 0.147. The minimum atomic E-state index is -0.921. The monoisotopic (exact) mass is 270 g/mol. The molecule has 2 saturated heterocycles. The van der Waals surface area contributed by atoms with Gasteiger partial charge in [-0.05, 0) is 51.9 Å². The van der Waals surface area contributed by atoms with E-state index in [1.165, 1.54) is 32.4 Å². The number of aliphatic carboxylic acids is 1. The molecule has 5 heteroatoms. The van der Waals surface area contributed by atoms with Gasteiger partial charge in [0.1, 0.15) is 0 Å². The van der Waals surface area contributed by atoms with Gasteiger partial charge in [-0.25, -0.2) is 0 Å². The van der Waals surface area contributed by atoms with Gasteiger partial charge in [-0.3, -0.25) is 4.79 Å². The fourth-order valence-corrected chi connectivity index (χ4v) is 3.31. The summed E-state index contributed by atoms with van der Waals surface area (Å²) in [5, 5.41) is 18.3. The van der Waals surface area contributed by atoms with Gasteiger partial charge in [-0.1, -0.05) is 6.42 Å². The van der Waals surface area contributed by atoms with Crippen LogP contribution in [0, 0.1) is 0 Å². The lowest BCUT2D eigenvalue weighted by Gasteiger charge is -2.40. The van der Waals surface area contributed by atoms with Crippen LogP contribution < -0.4 is 0 Å². The molecule has 110 valence electrons. The lowest BCUT2D eigenvalue weighted by molar-refractivity contribution is -0.139. The highest BCUT2D eigenvalue weighted by Gasteiger charge is 2.26. The predicted molar refractivity (Wildman–Crippen MR) is 73.1 cm³/mol. The van der Waals surface area contributed by atoms with Gasteiger partial charge in [0.15, 0.2) is 0 Å². The quantitative estimate of drug-likeness (QED) is 0.772. The highest BCUT2D eigenvalue weighted by atomic mass is 16.4. The number of hydrogen-bond acceptors (Lipinski definition) is 4. The Morgan fingerprint density at radius 3 is 2.32 bits per heavy atom. The van der Waals surface area contributed by atoms with Gasteiger partial charge in [0, 0.05) is 12.6 Å². The van der Waals surface area contributed by atoms with Gasteiger partial charge in [0.2, 0.25) is 0 Å². The van der Waals surface area contributed by atoms with Crippen LogP contribution in [0.3, 0.4) is 0 Å². The van der Waals surface area contributed by atoms with E-state index >= 15 is 0 Å². The summed E-state index contributed by atoms with van der Waals surface area (Å²) in [5.74, 6) is -0.921. The maximum atomic E-state index is 10.5. The Bertz CT molecular complexity index is 284. The maximum Gasteiger partial charge on any atom is 0.306 e. The van der Waals surface area contributed by atoms with Crippen LogP contribution in [0.5, 0.6) is 0 Å².